The molecule has 0 radical (unpaired) electrons. The summed E-state index contributed by atoms with van der Waals surface area (Å²) in [6.07, 6.45) is 4.80. The van der Waals surface area contributed by atoms with Crippen LogP contribution in [0.1, 0.15) is 19.3 Å². The minimum absolute atomic E-state index is 0.247. The highest BCUT2D eigenvalue weighted by molar-refractivity contribution is 6.12. The summed E-state index contributed by atoms with van der Waals surface area (Å²) < 4.78 is 0. The Labute approximate surface area is 81.7 Å². The molecule has 1 heterocycles. The first-order valence-electron chi connectivity index (χ1n) is 4.58. The van der Waals surface area contributed by atoms with Crippen molar-refractivity contribution in [2.45, 2.75) is 19.3 Å². The van der Waals surface area contributed by atoms with Crippen LogP contribution in [0.4, 0.5) is 0 Å². The van der Waals surface area contributed by atoms with E-state index in [1.165, 1.54) is 17.1 Å². The predicted octanol–water partition coefficient (Wildman–Crippen LogP) is 0.848. The van der Waals surface area contributed by atoms with Gasteiger partial charge < -0.3 is 0 Å². The van der Waals surface area contributed by atoms with E-state index < -0.39 is 0 Å². The van der Waals surface area contributed by atoms with Crippen molar-refractivity contribution in [3.63, 3.8) is 0 Å². The molecule has 0 N–H and O–H groups in total. The Hall–Kier alpha value is -1.52. The summed E-state index contributed by atoms with van der Waals surface area (Å²) in [5.41, 5.74) is 0. The normalized spacial score (nSPS) is 15.3. The molecule has 0 aliphatic carbocycles. The number of unbranched alkanes of at least 4 members (excludes halogenated alkanes) is 2. The Balaban J connectivity index is 2.15. The summed E-state index contributed by atoms with van der Waals surface area (Å²) in [6, 6.07) is 0. The predicted molar refractivity (Wildman–Crippen MR) is 50.4 cm³/mol. The van der Waals surface area contributed by atoms with E-state index in [1.807, 2.05) is 0 Å². The van der Waals surface area contributed by atoms with Crippen molar-refractivity contribution in [3.05, 3.63) is 17.1 Å². The molecule has 0 saturated carbocycles. The second-order valence-electron chi connectivity index (χ2n) is 3.07. The van der Waals surface area contributed by atoms with Gasteiger partial charge in [-0.1, -0.05) is 5.18 Å². The third kappa shape index (κ3) is 2.76. The maximum absolute atomic E-state index is 11.1. The van der Waals surface area contributed by atoms with Crippen LogP contribution in [-0.2, 0) is 9.59 Å². The van der Waals surface area contributed by atoms with E-state index in [0.29, 0.717) is 19.5 Å². The number of nitrogens with zero attached hydrogens (tertiary/aromatic N) is 2. The molecule has 0 unspecified atom stereocenters. The van der Waals surface area contributed by atoms with Gasteiger partial charge in [0.25, 0.3) is 11.8 Å². The molecule has 0 spiro atoms. The molecule has 5 heteroatoms. The first-order chi connectivity index (χ1) is 6.75. The molecule has 1 aliphatic heterocycles. The largest absolute Gasteiger partial charge is 0.275 e. The van der Waals surface area contributed by atoms with Gasteiger partial charge in [0, 0.05) is 18.7 Å². The maximum Gasteiger partial charge on any atom is 0.253 e. The van der Waals surface area contributed by atoms with E-state index >= 15 is 0 Å². The summed E-state index contributed by atoms with van der Waals surface area (Å²) in [5.74, 6) is -0.493. The quantitative estimate of drug-likeness (QED) is 0.359. The lowest BCUT2D eigenvalue weighted by Crippen LogP contribution is -2.30. The third-order valence-electron chi connectivity index (χ3n) is 2.03. The summed E-state index contributed by atoms with van der Waals surface area (Å²) in [6.45, 7) is 0.740. The maximum atomic E-state index is 11.1. The molecule has 0 saturated heterocycles. The number of imide groups is 1. The van der Waals surface area contributed by atoms with Crippen molar-refractivity contribution in [2.24, 2.45) is 5.18 Å². The van der Waals surface area contributed by atoms with Crippen LogP contribution in [0, 0.1) is 4.91 Å². The van der Waals surface area contributed by atoms with Crippen LogP contribution in [0.25, 0.3) is 0 Å². The van der Waals surface area contributed by atoms with Crippen LogP contribution < -0.4 is 0 Å². The van der Waals surface area contributed by atoms with Gasteiger partial charge in [0.05, 0.1) is 6.54 Å². The van der Waals surface area contributed by atoms with E-state index in [9.17, 15) is 14.5 Å². The van der Waals surface area contributed by atoms with Gasteiger partial charge in [-0.2, -0.15) is 4.91 Å². The molecule has 76 valence electrons. The number of carbonyl (C=O) groups excluding carboxylic acids is 2. The zero-order valence-electron chi connectivity index (χ0n) is 7.81. The van der Waals surface area contributed by atoms with Crippen molar-refractivity contribution in [3.8, 4) is 0 Å². The zero-order chi connectivity index (χ0) is 10.4. The van der Waals surface area contributed by atoms with Crippen molar-refractivity contribution < 1.29 is 9.59 Å². The topological polar surface area (TPSA) is 66.8 Å². The second-order valence-corrected chi connectivity index (χ2v) is 3.07. The van der Waals surface area contributed by atoms with E-state index in [-0.39, 0.29) is 11.8 Å². The number of carbonyl (C=O) groups is 2. The van der Waals surface area contributed by atoms with Gasteiger partial charge in [0.2, 0.25) is 0 Å². The number of nitroso groups, excluding NO2 is 1. The van der Waals surface area contributed by atoms with Crippen LogP contribution in [-0.4, -0.2) is 29.8 Å². The minimum Gasteiger partial charge on any atom is -0.275 e. The molecule has 0 atom stereocenters. The smallest absolute Gasteiger partial charge is 0.253 e. The van der Waals surface area contributed by atoms with Crippen LogP contribution in [0.3, 0.4) is 0 Å². The number of hydrogen-bond donors (Lipinski definition) is 0. The Bertz CT molecular complexity index is 255. The van der Waals surface area contributed by atoms with Crippen molar-refractivity contribution in [2.75, 3.05) is 13.1 Å². The molecule has 0 fully saturated rings. The molecular formula is C9H12N2O3. The molecule has 5 nitrogen and oxygen atoms in total. The summed E-state index contributed by atoms with van der Waals surface area (Å²) in [5, 5.41) is 2.73. The molecule has 1 aliphatic rings. The van der Waals surface area contributed by atoms with Gasteiger partial charge in [0.1, 0.15) is 0 Å². The molecule has 2 amide bonds. The number of amides is 2. The number of rotatable bonds is 6. The van der Waals surface area contributed by atoms with Crippen LogP contribution in [0.5, 0.6) is 0 Å². The molecule has 1 rings (SSSR count). The van der Waals surface area contributed by atoms with Gasteiger partial charge in [-0.05, 0) is 19.3 Å². The molecule has 0 aromatic heterocycles. The lowest BCUT2D eigenvalue weighted by Gasteiger charge is -2.12. The van der Waals surface area contributed by atoms with E-state index in [4.69, 9.17) is 0 Å². The van der Waals surface area contributed by atoms with Crippen LogP contribution in [0.2, 0.25) is 0 Å². The fraction of sp³-hybridized carbons (Fsp3) is 0.556. The molecular weight excluding hydrogens is 184 g/mol. The fourth-order valence-electron chi connectivity index (χ4n) is 1.27. The molecule has 0 bridgehead atoms. The van der Waals surface area contributed by atoms with Crippen molar-refractivity contribution >= 4 is 11.8 Å². The Morgan fingerprint density at radius 1 is 1.07 bits per heavy atom. The first-order valence-corrected chi connectivity index (χ1v) is 4.58. The van der Waals surface area contributed by atoms with Gasteiger partial charge in [-0.25, -0.2) is 0 Å². The highest BCUT2D eigenvalue weighted by Gasteiger charge is 2.21. The van der Waals surface area contributed by atoms with Gasteiger partial charge in [-0.3, -0.25) is 14.5 Å². The summed E-state index contributed by atoms with van der Waals surface area (Å²) >= 11 is 0. The number of hydrogen-bond acceptors (Lipinski definition) is 4. The highest BCUT2D eigenvalue weighted by Crippen LogP contribution is 2.06. The lowest BCUT2D eigenvalue weighted by molar-refractivity contribution is -0.136. The average Bonchev–Trinajstić information content (AvgIpc) is 2.48. The van der Waals surface area contributed by atoms with E-state index in [0.717, 1.165) is 12.8 Å². The van der Waals surface area contributed by atoms with E-state index in [2.05, 4.69) is 5.18 Å². The van der Waals surface area contributed by atoms with E-state index in [1.54, 1.807) is 0 Å². The third-order valence-corrected chi connectivity index (χ3v) is 2.03. The Morgan fingerprint density at radius 3 is 2.29 bits per heavy atom. The SMILES string of the molecule is O=NCCCCCN1C(=O)C=CC1=O. The monoisotopic (exact) mass is 196 g/mol. The minimum atomic E-state index is -0.247. The summed E-state index contributed by atoms with van der Waals surface area (Å²) in [4.78, 5) is 33.1. The lowest BCUT2D eigenvalue weighted by atomic mass is 10.2. The first kappa shape index (κ1) is 10.6. The molecule has 0 aromatic rings. The highest BCUT2D eigenvalue weighted by atomic mass is 16.3. The van der Waals surface area contributed by atoms with Crippen LogP contribution in [0.15, 0.2) is 17.3 Å². The molecule has 0 aromatic carbocycles. The standard InChI is InChI=1S/C9H12N2O3/c12-8-4-5-9(13)11(8)7-3-1-2-6-10-14/h4-5H,1-3,6-7H2. The fourth-order valence-corrected chi connectivity index (χ4v) is 1.27. The Morgan fingerprint density at radius 2 is 1.71 bits per heavy atom. The zero-order valence-corrected chi connectivity index (χ0v) is 7.81. The van der Waals surface area contributed by atoms with Crippen molar-refractivity contribution in [1.82, 2.24) is 4.90 Å². The average molecular weight is 196 g/mol. The molecule has 14 heavy (non-hydrogen) atoms. The van der Waals surface area contributed by atoms with Crippen LogP contribution >= 0.6 is 0 Å². The van der Waals surface area contributed by atoms with Gasteiger partial charge in [0.15, 0.2) is 0 Å². The summed E-state index contributed by atoms with van der Waals surface area (Å²) in [7, 11) is 0. The second kappa shape index (κ2) is 5.26. The van der Waals surface area contributed by atoms with Crippen molar-refractivity contribution in [1.29, 1.82) is 0 Å². The Kier molecular flexibility index (Phi) is 3.97. The van der Waals surface area contributed by atoms with Gasteiger partial charge in [-0.15, -0.1) is 0 Å². The van der Waals surface area contributed by atoms with Gasteiger partial charge >= 0.3 is 0 Å².